The molecule has 0 atom stereocenters. The van der Waals surface area contributed by atoms with E-state index in [-0.39, 0.29) is 25.0 Å². The Bertz CT molecular complexity index is 391. The van der Waals surface area contributed by atoms with Crippen molar-refractivity contribution >= 4 is 11.6 Å². The van der Waals surface area contributed by atoms with Gasteiger partial charge in [0.25, 0.3) is 5.91 Å². The molecule has 1 aliphatic rings. The van der Waals surface area contributed by atoms with Gasteiger partial charge in [-0.2, -0.15) is 0 Å². The van der Waals surface area contributed by atoms with Gasteiger partial charge >= 0.3 is 0 Å². The van der Waals surface area contributed by atoms with Crippen LogP contribution in [0, 0.1) is 0 Å². The highest BCUT2D eigenvalue weighted by Gasteiger charge is 2.25. The highest BCUT2D eigenvalue weighted by Crippen LogP contribution is 2.34. The van der Waals surface area contributed by atoms with Gasteiger partial charge in [-0.3, -0.25) is 9.69 Å². The molecule has 1 aliphatic heterocycles. The fourth-order valence-electron chi connectivity index (χ4n) is 1.46. The van der Waals surface area contributed by atoms with Crippen molar-refractivity contribution < 1.29 is 19.4 Å². The quantitative estimate of drug-likeness (QED) is 0.779. The second-order valence-corrected chi connectivity index (χ2v) is 3.18. The highest BCUT2D eigenvalue weighted by atomic mass is 16.5. The van der Waals surface area contributed by atoms with Crippen LogP contribution in [0.5, 0.6) is 11.5 Å². The van der Waals surface area contributed by atoms with Crippen molar-refractivity contribution in [3.63, 3.8) is 0 Å². The molecule has 2 rings (SSSR count). The lowest BCUT2D eigenvalue weighted by molar-refractivity contribution is -0.122. The maximum atomic E-state index is 11.5. The Morgan fingerprint density at radius 1 is 1.60 bits per heavy atom. The SMILES string of the molecule is COCN1C(=O)COc2cc(O)ccc21. The van der Waals surface area contributed by atoms with E-state index in [2.05, 4.69) is 0 Å². The average molecular weight is 209 g/mol. The third kappa shape index (κ3) is 1.73. The molecule has 0 spiro atoms. The molecule has 0 aromatic heterocycles. The first kappa shape index (κ1) is 9.79. The van der Waals surface area contributed by atoms with Gasteiger partial charge in [0.15, 0.2) is 6.61 Å². The first-order valence-electron chi connectivity index (χ1n) is 4.47. The molecule has 80 valence electrons. The summed E-state index contributed by atoms with van der Waals surface area (Å²) in [6.45, 7) is 0.153. The molecule has 1 N–H and O–H groups in total. The Balaban J connectivity index is 2.39. The molecule has 5 nitrogen and oxygen atoms in total. The van der Waals surface area contributed by atoms with Gasteiger partial charge in [0.2, 0.25) is 0 Å². The zero-order valence-electron chi connectivity index (χ0n) is 8.27. The number of carbonyl (C=O) groups is 1. The second-order valence-electron chi connectivity index (χ2n) is 3.18. The lowest BCUT2D eigenvalue weighted by Gasteiger charge is -2.28. The minimum atomic E-state index is -0.157. The predicted molar refractivity (Wildman–Crippen MR) is 53.0 cm³/mol. The molecule has 1 heterocycles. The Labute approximate surface area is 86.8 Å². The van der Waals surface area contributed by atoms with Crippen molar-refractivity contribution in [2.24, 2.45) is 0 Å². The fraction of sp³-hybridized carbons (Fsp3) is 0.300. The van der Waals surface area contributed by atoms with E-state index in [0.29, 0.717) is 11.4 Å². The number of nitrogens with zero attached hydrogens (tertiary/aromatic N) is 1. The number of benzene rings is 1. The zero-order chi connectivity index (χ0) is 10.8. The van der Waals surface area contributed by atoms with Crippen molar-refractivity contribution in [3.05, 3.63) is 18.2 Å². The first-order chi connectivity index (χ1) is 7.22. The van der Waals surface area contributed by atoms with Gasteiger partial charge in [0, 0.05) is 13.2 Å². The van der Waals surface area contributed by atoms with Crippen LogP contribution < -0.4 is 9.64 Å². The molecule has 0 radical (unpaired) electrons. The molecule has 0 saturated heterocycles. The van der Waals surface area contributed by atoms with Gasteiger partial charge in [0.05, 0.1) is 5.69 Å². The van der Waals surface area contributed by atoms with Crippen molar-refractivity contribution in [1.82, 2.24) is 0 Å². The fourth-order valence-corrected chi connectivity index (χ4v) is 1.46. The Morgan fingerprint density at radius 3 is 3.13 bits per heavy atom. The summed E-state index contributed by atoms with van der Waals surface area (Å²) in [5.41, 5.74) is 0.617. The number of anilines is 1. The lowest BCUT2D eigenvalue weighted by atomic mass is 10.2. The van der Waals surface area contributed by atoms with Crippen LogP contribution in [0.25, 0.3) is 0 Å². The van der Waals surface area contributed by atoms with Gasteiger partial charge in [-0.25, -0.2) is 0 Å². The Hall–Kier alpha value is -1.75. The van der Waals surface area contributed by atoms with Gasteiger partial charge < -0.3 is 14.6 Å². The zero-order valence-corrected chi connectivity index (χ0v) is 8.27. The summed E-state index contributed by atoms with van der Waals surface area (Å²) in [5.74, 6) is 0.446. The van der Waals surface area contributed by atoms with E-state index >= 15 is 0 Å². The number of aromatic hydroxyl groups is 1. The summed E-state index contributed by atoms with van der Waals surface area (Å²) in [6, 6.07) is 4.61. The molecule has 15 heavy (non-hydrogen) atoms. The van der Waals surface area contributed by atoms with E-state index in [4.69, 9.17) is 9.47 Å². The van der Waals surface area contributed by atoms with Crippen molar-refractivity contribution in [2.45, 2.75) is 0 Å². The number of phenols is 1. The molecular formula is C10H11NO4. The minimum absolute atomic E-state index is 0.0280. The van der Waals surface area contributed by atoms with Gasteiger partial charge in [-0.05, 0) is 12.1 Å². The minimum Gasteiger partial charge on any atom is -0.508 e. The van der Waals surface area contributed by atoms with E-state index < -0.39 is 0 Å². The number of ether oxygens (including phenoxy) is 2. The van der Waals surface area contributed by atoms with Crippen LogP contribution in [0.1, 0.15) is 0 Å². The van der Waals surface area contributed by atoms with Crippen LogP contribution in [-0.2, 0) is 9.53 Å². The van der Waals surface area contributed by atoms with Crippen molar-refractivity contribution in [1.29, 1.82) is 0 Å². The summed E-state index contributed by atoms with van der Waals surface area (Å²) in [4.78, 5) is 13.0. The molecule has 0 unspecified atom stereocenters. The topological polar surface area (TPSA) is 59.0 Å². The van der Waals surface area contributed by atoms with Crippen LogP contribution in [0.4, 0.5) is 5.69 Å². The number of carbonyl (C=O) groups excluding carboxylic acids is 1. The maximum absolute atomic E-state index is 11.5. The lowest BCUT2D eigenvalue weighted by Crippen LogP contribution is -2.39. The average Bonchev–Trinajstić information content (AvgIpc) is 2.22. The van der Waals surface area contributed by atoms with Crippen LogP contribution in [0.2, 0.25) is 0 Å². The van der Waals surface area contributed by atoms with E-state index in [1.165, 1.54) is 24.1 Å². The number of amides is 1. The van der Waals surface area contributed by atoms with E-state index in [0.717, 1.165) is 0 Å². The van der Waals surface area contributed by atoms with E-state index in [9.17, 15) is 9.90 Å². The standard InChI is InChI=1S/C10H11NO4/c1-14-6-11-8-3-2-7(12)4-9(8)15-5-10(11)13/h2-4,12H,5-6H2,1H3. The summed E-state index contributed by atoms with van der Waals surface area (Å²) >= 11 is 0. The van der Waals surface area contributed by atoms with Crippen LogP contribution in [-0.4, -0.2) is 31.5 Å². The number of hydrogen-bond donors (Lipinski definition) is 1. The molecule has 1 aromatic carbocycles. The molecular weight excluding hydrogens is 198 g/mol. The van der Waals surface area contributed by atoms with Crippen LogP contribution >= 0.6 is 0 Å². The number of phenolic OH excluding ortho intramolecular Hbond substituents is 1. The van der Waals surface area contributed by atoms with E-state index in [1.54, 1.807) is 6.07 Å². The number of hydrogen-bond acceptors (Lipinski definition) is 4. The Morgan fingerprint density at radius 2 is 2.40 bits per heavy atom. The third-order valence-corrected chi connectivity index (χ3v) is 2.14. The summed E-state index contributed by atoms with van der Waals surface area (Å²) in [6.07, 6.45) is 0. The summed E-state index contributed by atoms with van der Waals surface area (Å²) < 4.78 is 10.1. The van der Waals surface area contributed by atoms with Crippen molar-refractivity contribution in [3.8, 4) is 11.5 Å². The molecule has 0 aliphatic carbocycles. The molecule has 1 aromatic rings. The van der Waals surface area contributed by atoms with Gasteiger partial charge in [-0.1, -0.05) is 0 Å². The monoisotopic (exact) mass is 209 g/mol. The summed E-state index contributed by atoms with van der Waals surface area (Å²) in [7, 11) is 1.52. The molecule has 5 heteroatoms. The largest absolute Gasteiger partial charge is 0.508 e. The van der Waals surface area contributed by atoms with Crippen LogP contribution in [0.3, 0.4) is 0 Å². The number of methoxy groups -OCH3 is 1. The van der Waals surface area contributed by atoms with Gasteiger partial charge in [-0.15, -0.1) is 0 Å². The van der Waals surface area contributed by atoms with Crippen LogP contribution in [0.15, 0.2) is 18.2 Å². The highest BCUT2D eigenvalue weighted by molar-refractivity contribution is 5.97. The first-order valence-corrected chi connectivity index (χ1v) is 4.47. The van der Waals surface area contributed by atoms with Crippen molar-refractivity contribution in [2.75, 3.05) is 25.3 Å². The normalized spacial score (nSPS) is 14.7. The predicted octanol–water partition coefficient (Wildman–Crippen LogP) is 0.721. The number of fused-ring (bicyclic) bond motifs is 1. The molecule has 0 saturated carbocycles. The molecule has 0 fully saturated rings. The van der Waals surface area contributed by atoms with Gasteiger partial charge in [0.1, 0.15) is 18.2 Å². The maximum Gasteiger partial charge on any atom is 0.266 e. The molecule has 1 amide bonds. The molecule has 0 bridgehead atoms. The second kappa shape index (κ2) is 3.78. The Kier molecular flexibility index (Phi) is 2.47. The third-order valence-electron chi connectivity index (χ3n) is 2.14. The smallest absolute Gasteiger partial charge is 0.266 e. The van der Waals surface area contributed by atoms with E-state index in [1.807, 2.05) is 0 Å². The summed E-state index contributed by atoms with van der Waals surface area (Å²) in [5, 5.41) is 9.26. The number of rotatable bonds is 2.